The number of rotatable bonds is 1. The zero-order chi connectivity index (χ0) is 11.5. The molecule has 0 aliphatic heterocycles. The van der Waals surface area contributed by atoms with Crippen LogP contribution in [0.15, 0.2) is 4.99 Å². The second-order valence-electron chi connectivity index (χ2n) is 3.64. The lowest BCUT2D eigenvalue weighted by Gasteiger charge is -2.26. The van der Waals surface area contributed by atoms with E-state index in [4.69, 9.17) is 16.9 Å². The number of aliphatic imine (C=N–C) groups is 1. The molecule has 0 aromatic heterocycles. The fourth-order valence-electron chi connectivity index (χ4n) is 1.52. The standard InChI is InChI=1S/C8H15F2N5/c9-8(10)3-1-5(2-4-8)14-7(13)15-6(11)12/h5H,1-4H2,(H6,11,12,13,14,15). The number of halogens is 2. The van der Waals surface area contributed by atoms with Crippen LogP contribution in [0.2, 0.25) is 0 Å². The van der Waals surface area contributed by atoms with Crippen molar-refractivity contribution in [2.75, 3.05) is 0 Å². The Bertz CT molecular complexity index is 266. The maximum absolute atomic E-state index is 12.8. The van der Waals surface area contributed by atoms with Gasteiger partial charge >= 0.3 is 0 Å². The Morgan fingerprint density at radius 1 is 1.33 bits per heavy atom. The van der Waals surface area contributed by atoms with Crippen molar-refractivity contribution < 1.29 is 8.78 Å². The summed E-state index contributed by atoms with van der Waals surface area (Å²) in [6.45, 7) is 0. The predicted octanol–water partition coefficient (Wildman–Crippen LogP) is 0.362. The number of nitrogens with zero attached hydrogens (tertiary/aromatic N) is 1. The third-order valence-corrected chi connectivity index (χ3v) is 2.27. The highest BCUT2D eigenvalue weighted by molar-refractivity contribution is 5.95. The van der Waals surface area contributed by atoms with E-state index in [0.717, 1.165) is 0 Å². The highest BCUT2D eigenvalue weighted by Gasteiger charge is 2.34. The second-order valence-corrected chi connectivity index (χ2v) is 3.64. The molecule has 5 nitrogen and oxygen atoms in total. The molecule has 0 spiro atoms. The van der Waals surface area contributed by atoms with Gasteiger partial charge in [0, 0.05) is 12.8 Å². The summed E-state index contributed by atoms with van der Waals surface area (Å²) in [5, 5.41) is 9.20. The van der Waals surface area contributed by atoms with E-state index in [9.17, 15) is 8.78 Å². The van der Waals surface area contributed by atoms with Gasteiger partial charge in [-0.05, 0) is 12.8 Å². The molecular weight excluding hydrogens is 204 g/mol. The lowest BCUT2D eigenvalue weighted by molar-refractivity contribution is -0.0373. The van der Waals surface area contributed by atoms with Crippen molar-refractivity contribution >= 4 is 11.9 Å². The molecule has 0 unspecified atom stereocenters. The van der Waals surface area contributed by atoms with Crippen LogP contribution >= 0.6 is 0 Å². The zero-order valence-electron chi connectivity index (χ0n) is 8.26. The lowest BCUT2D eigenvalue weighted by Crippen LogP contribution is -2.42. The SMILES string of the molecule is N=C(N)NC(N)=NC1CCC(F)(F)CC1. The first-order valence-corrected chi connectivity index (χ1v) is 4.71. The first-order chi connectivity index (χ1) is 6.89. The van der Waals surface area contributed by atoms with Crippen LogP contribution in [0.3, 0.4) is 0 Å². The van der Waals surface area contributed by atoms with Crippen LogP contribution in [-0.2, 0) is 0 Å². The molecule has 0 saturated heterocycles. The van der Waals surface area contributed by atoms with Crippen molar-refractivity contribution in [3.63, 3.8) is 0 Å². The minimum atomic E-state index is -2.56. The number of guanidine groups is 2. The van der Waals surface area contributed by atoms with Gasteiger partial charge in [-0.2, -0.15) is 0 Å². The van der Waals surface area contributed by atoms with E-state index in [2.05, 4.69) is 10.3 Å². The van der Waals surface area contributed by atoms with Crippen LogP contribution in [0.1, 0.15) is 25.7 Å². The van der Waals surface area contributed by atoms with Gasteiger partial charge in [-0.1, -0.05) is 0 Å². The third kappa shape index (κ3) is 4.09. The van der Waals surface area contributed by atoms with Crippen LogP contribution in [0, 0.1) is 5.41 Å². The van der Waals surface area contributed by atoms with Crippen molar-refractivity contribution in [1.82, 2.24) is 5.32 Å². The third-order valence-electron chi connectivity index (χ3n) is 2.27. The van der Waals surface area contributed by atoms with E-state index in [1.807, 2.05) is 0 Å². The molecule has 1 rings (SSSR count). The molecule has 0 heterocycles. The average molecular weight is 219 g/mol. The largest absolute Gasteiger partial charge is 0.370 e. The summed E-state index contributed by atoms with van der Waals surface area (Å²) in [6.07, 6.45) is 0.309. The Morgan fingerprint density at radius 2 is 1.87 bits per heavy atom. The van der Waals surface area contributed by atoms with Crippen LogP contribution in [-0.4, -0.2) is 23.9 Å². The molecular formula is C8H15F2N5. The molecule has 1 saturated carbocycles. The van der Waals surface area contributed by atoms with E-state index in [1.54, 1.807) is 0 Å². The van der Waals surface area contributed by atoms with Crippen LogP contribution in [0.5, 0.6) is 0 Å². The first-order valence-electron chi connectivity index (χ1n) is 4.71. The smallest absolute Gasteiger partial charge is 0.248 e. The Hall–Kier alpha value is -1.40. The summed E-state index contributed by atoms with van der Waals surface area (Å²) in [6, 6.07) is -0.198. The molecule has 1 fully saturated rings. The van der Waals surface area contributed by atoms with Gasteiger partial charge in [0.1, 0.15) is 0 Å². The van der Waals surface area contributed by atoms with Gasteiger partial charge in [0.15, 0.2) is 11.9 Å². The number of alkyl halides is 2. The van der Waals surface area contributed by atoms with Gasteiger partial charge in [-0.25, -0.2) is 13.8 Å². The van der Waals surface area contributed by atoms with E-state index < -0.39 is 5.92 Å². The molecule has 0 radical (unpaired) electrons. The van der Waals surface area contributed by atoms with Gasteiger partial charge in [0.25, 0.3) is 0 Å². The van der Waals surface area contributed by atoms with Crippen molar-refractivity contribution in [3.05, 3.63) is 0 Å². The maximum atomic E-state index is 12.8. The molecule has 0 bridgehead atoms. The Labute approximate surface area is 86.4 Å². The molecule has 0 aromatic rings. The monoisotopic (exact) mass is 219 g/mol. The molecule has 1 aliphatic rings. The van der Waals surface area contributed by atoms with Gasteiger partial charge in [-0.3, -0.25) is 10.7 Å². The zero-order valence-corrected chi connectivity index (χ0v) is 8.26. The molecule has 6 N–H and O–H groups in total. The van der Waals surface area contributed by atoms with Crippen molar-refractivity contribution in [1.29, 1.82) is 5.41 Å². The summed E-state index contributed by atoms with van der Waals surface area (Å²) in [7, 11) is 0. The fourth-order valence-corrected chi connectivity index (χ4v) is 1.52. The lowest BCUT2D eigenvalue weighted by atomic mass is 9.93. The highest BCUT2D eigenvalue weighted by Crippen LogP contribution is 2.34. The molecule has 0 amide bonds. The van der Waals surface area contributed by atoms with Gasteiger partial charge < -0.3 is 11.5 Å². The summed E-state index contributed by atoms with van der Waals surface area (Å²) in [5.41, 5.74) is 10.4. The summed E-state index contributed by atoms with van der Waals surface area (Å²) in [5.74, 6) is -2.86. The normalized spacial score (nSPS) is 22.4. The fraction of sp³-hybridized carbons (Fsp3) is 0.750. The van der Waals surface area contributed by atoms with Crippen LogP contribution in [0.4, 0.5) is 8.78 Å². The molecule has 15 heavy (non-hydrogen) atoms. The minimum absolute atomic E-state index is 0.0118. The molecule has 0 aromatic carbocycles. The number of hydrogen-bond donors (Lipinski definition) is 4. The molecule has 7 heteroatoms. The second kappa shape index (κ2) is 4.41. The van der Waals surface area contributed by atoms with E-state index in [-0.39, 0.29) is 30.8 Å². The minimum Gasteiger partial charge on any atom is -0.370 e. The maximum Gasteiger partial charge on any atom is 0.248 e. The number of hydrogen-bond acceptors (Lipinski definition) is 2. The van der Waals surface area contributed by atoms with E-state index >= 15 is 0 Å². The average Bonchev–Trinajstić information content (AvgIpc) is 2.07. The number of nitrogens with one attached hydrogen (secondary N) is 2. The summed E-state index contributed by atoms with van der Waals surface area (Å²) < 4.78 is 25.6. The molecule has 0 atom stereocenters. The quantitative estimate of drug-likeness (QED) is 0.378. The topological polar surface area (TPSA) is 100 Å². The first kappa shape index (κ1) is 11.7. The van der Waals surface area contributed by atoms with E-state index in [0.29, 0.717) is 12.8 Å². The van der Waals surface area contributed by atoms with Crippen LogP contribution in [0.25, 0.3) is 0 Å². The van der Waals surface area contributed by atoms with Gasteiger partial charge in [0.05, 0.1) is 6.04 Å². The highest BCUT2D eigenvalue weighted by atomic mass is 19.3. The van der Waals surface area contributed by atoms with Gasteiger partial charge in [-0.15, -0.1) is 0 Å². The van der Waals surface area contributed by atoms with Crippen molar-refractivity contribution in [3.8, 4) is 0 Å². The Balaban J connectivity index is 2.44. The van der Waals surface area contributed by atoms with Crippen LogP contribution < -0.4 is 16.8 Å². The Kier molecular flexibility index (Phi) is 3.43. The molecule has 1 aliphatic carbocycles. The predicted molar refractivity (Wildman–Crippen MR) is 53.9 cm³/mol. The summed E-state index contributed by atoms with van der Waals surface area (Å²) in [4.78, 5) is 3.97. The summed E-state index contributed by atoms with van der Waals surface area (Å²) >= 11 is 0. The van der Waals surface area contributed by atoms with Crippen molar-refractivity contribution in [2.24, 2.45) is 16.5 Å². The molecule has 86 valence electrons. The number of nitrogens with two attached hydrogens (primary N) is 2. The Morgan fingerprint density at radius 3 is 2.33 bits per heavy atom. The van der Waals surface area contributed by atoms with Gasteiger partial charge in [0.2, 0.25) is 5.92 Å². The van der Waals surface area contributed by atoms with E-state index in [1.165, 1.54) is 0 Å². The van der Waals surface area contributed by atoms with Crippen molar-refractivity contribution in [2.45, 2.75) is 37.6 Å².